The van der Waals surface area contributed by atoms with Gasteiger partial charge < -0.3 is 10.8 Å². The summed E-state index contributed by atoms with van der Waals surface area (Å²) >= 11 is 1.45. The summed E-state index contributed by atoms with van der Waals surface area (Å²) in [4.78, 5) is 0.107. The summed E-state index contributed by atoms with van der Waals surface area (Å²) in [6.45, 7) is 3.36. The number of anilines is 1. The number of rotatable bonds is 6. The number of nitrogens with two attached hydrogens (primary N) is 1. The Bertz CT molecular complexity index is 542. The maximum atomic E-state index is 12.1. The highest BCUT2D eigenvalue weighted by Crippen LogP contribution is 2.18. The number of thioether (sulfide) groups is 1. The number of aliphatic hydroxyl groups is 1. The van der Waals surface area contributed by atoms with Gasteiger partial charge >= 0.3 is 0 Å². The maximum Gasteiger partial charge on any atom is 0.240 e. The highest BCUT2D eigenvalue weighted by molar-refractivity contribution is 7.98. The number of nitrogen functional groups attached to an aromatic ring is 1. The van der Waals surface area contributed by atoms with Crippen molar-refractivity contribution in [2.45, 2.75) is 24.3 Å². The van der Waals surface area contributed by atoms with Crippen molar-refractivity contribution in [3.8, 4) is 0 Å². The standard InChI is InChI=1S/C12H20N2O3S2/c1-9-4-5-10(6-11(9)13)19(16,17)14-7-12(2,15)8-18-3/h4-6,14-15H,7-8,13H2,1-3H3. The van der Waals surface area contributed by atoms with Gasteiger partial charge in [0.25, 0.3) is 0 Å². The highest BCUT2D eigenvalue weighted by Gasteiger charge is 2.23. The molecule has 1 aromatic rings. The predicted molar refractivity (Wildman–Crippen MR) is 79.8 cm³/mol. The van der Waals surface area contributed by atoms with Crippen LogP contribution in [-0.2, 0) is 10.0 Å². The Hall–Kier alpha value is -0.760. The normalized spacial score (nSPS) is 15.2. The lowest BCUT2D eigenvalue weighted by atomic mass is 10.1. The predicted octanol–water partition coefficient (Wildman–Crippen LogP) is 0.970. The van der Waals surface area contributed by atoms with Crippen molar-refractivity contribution in [2.75, 3.05) is 24.3 Å². The van der Waals surface area contributed by atoms with Gasteiger partial charge in [-0.2, -0.15) is 11.8 Å². The van der Waals surface area contributed by atoms with E-state index in [1.54, 1.807) is 13.0 Å². The molecule has 1 rings (SSSR count). The molecular weight excluding hydrogens is 284 g/mol. The molecular formula is C12H20N2O3S2. The Kier molecular flexibility index (Phi) is 5.26. The van der Waals surface area contributed by atoms with E-state index in [0.717, 1.165) is 5.56 Å². The first kappa shape index (κ1) is 16.3. The fourth-order valence-electron chi connectivity index (χ4n) is 1.48. The molecule has 0 fully saturated rings. The fourth-order valence-corrected chi connectivity index (χ4v) is 3.40. The number of nitrogens with one attached hydrogen (secondary N) is 1. The van der Waals surface area contributed by atoms with Crippen LogP contribution in [0.15, 0.2) is 23.1 Å². The molecule has 0 aliphatic rings. The van der Waals surface area contributed by atoms with Crippen LogP contribution < -0.4 is 10.5 Å². The van der Waals surface area contributed by atoms with Crippen LogP contribution in [0.1, 0.15) is 12.5 Å². The van der Waals surface area contributed by atoms with Gasteiger partial charge in [0.05, 0.1) is 10.5 Å². The highest BCUT2D eigenvalue weighted by atomic mass is 32.2. The minimum atomic E-state index is -3.65. The Morgan fingerprint density at radius 2 is 2.11 bits per heavy atom. The molecule has 0 spiro atoms. The van der Waals surface area contributed by atoms with Gasteiger partial charge in [0, 0.05) is 18.0 Å². The molecule has 0 aliphatic carbocycles. The van der Waals surface area contributed by atoms with Gasteiger partial charge in [-0.1, -0.05) is 6.07 Å². The second-order valence-electron chi connectivity index (χ2n) is 4.77. The zero-order valence-electron chi connectivity index (χ0n) is 11.3. The summed E-state index contributed by atoms with van der Waals surface area (Å²) < 4.78 is 26.5. The Morgan fingerprint density at radius 3 is 2.63 bits per heavy atom. The third-order valence-corrected chi connectivity index (χ3v) is 4.97. The summed E-state index contributed by atoms with van der Waals surface area (Å²) in [5.41, 5.74) is 5.88. The molecule has 1 atom stereocenters. The summed E-state index contributed by atoms with van der Waals surface area (Å²) in [7, 11) is -3.65. The van der Waals surface area contributed by atoms with Gasteiger partial charge in [-0.15, -0.1) is 0 Å². The zero-order chi connectivity index (χ0) is 14.7. The molecule has 1 aromatic carbocycles. The molecule has 0 amide bonds. The van der Waals surface area contributed by atoms with Crippen molar-refractivity contribution in [3.63, 3.8) is 0 Å². The first-order valence-electron chi connectivity index (χ1n) is 5.75. The van der Waals surface area contributed by atoms with Crippen LogP contribution in [0.2, 0.25) is 0 Å². The topological polar surface area (TPSA) is 92.4 Å². The number of aryl methyl sites for hydroxylation is 1. The first-order valence-corrected chi connectivity index (χ1v) is 8.63. The molecule has 0 aliphatic heterocycles. The fraction of sp³-hybridized carbons (Fsp3) is 0.500. The molecule has 108 valence electrons. The van der Waals surface area contributed by atoms with Gasteiger partial charge in [0.2, 0.25) is 10.0 Å². The molecule has 19 heavy (non-hydrogen) atoms. The first-order chi connectivity index (χ1) is 8.68. The molecule has 7 heteroatoms. The van der Waals surface area contributed by atoms with Gasteiger partial charge in [0.15, 0.2) is 0 Å². The molecule has 0 heterocycles. The Morgan fingerprint density at radius 1 is 1.47 bits per heavy atom. The Balaban J connectivity index is 2.84. The largest absolute Gasteiger partial charge is 0.398 e. The van der Waals surface area contributed by atoms with E-state index in [4.69, 9.17) is 5.73 Å². The monoisotopic (exact) mass is 304 g/mol. The summed E-state index contributed by atoms with van der Waals surface area (Å²) in [5.74, 6) is 0.450. The van der Waals surface area contributed by atoms with Crippen LogP contribution in [0.3, 0.4) is 0 Å². The lowest BCUT2D eigenvalue weighted by Crippen LogP contribution is -2.42. The lowest BCUT2D eigenvalue weighted by Gasteiger charge is -2.22. The van der Waals surface area contributed by atoms with Crippen LogP contribution in [0, 0.1) is 6.92 Å². The summed E-state index contributed by atoms with van der Waals surface area (Å²) in [5, 5.41) is 9.95. The van der Waals surface area contributed by atoms with Crippen molar-refractivity contribution in [1.82, 2.24) is 4.72 Å². The third-order valence-electron chi connectivity index (χ3n) is 2.66. The van der Waals surface area contributed by atoms with E-state index in [2.05, 4.69) is 4.72 Å². The number of hydrogen-bond donors (Lipinski definition) is 3. The van der Waals surface area contributed by atoms with Crippen LogP contribution in [0.5, 0.6) is 0 Å². The van der Waals surface area contributed by atoms with Crippen LogP contribution in [0.25, 0.3) is 0 Å². The molecule has 0 bridgehead atoms. The van der Waals surface area contributed by atoms with E-state index in [1.807, 2.05) is 13.2 Å². The molecule has 1 unspecified atom stereocenters. The van der Waals surface area contributed by atoms with Crippen LogP contribution in [0.4, 0.5) is 5.69 Å². The molecule has 5 nitrogen and oxygen atoms in total. The smallest absolute Gasteiger partial charge is 0.240 e. The maximum absolute atomic E-state index is 12.1. The van der Waals surface area contributed by atoms with Gasteiger partial charge in [-0.25, -0.2) is 13.1 Å². The van der Waals surface area contributed by atoms with Gasteiger partial charge in [-0.05, 0) is 37.8 Å². The van der Waals surface area contributed by atoms with E-state index in [1.165, 1.54) is 23.9 Å². The van der Waals surface area contributed by atoms with E-state index in [0.29, 0.717) is 11.4 Å². The van der Waals surface area contributed by atoms with E-state index in [9.17, 15) is 13.5 Å². The van der Waals surface area contributed by atoms with Crippen molar-refractivity contribution in [1.29, 1.82) is 0 Å². The third kappa shape index (κ3) is 4.68. The SMILES string of the molecule is CSCC(C)(O)CNS(=O)(=O)c1ccc(C)c(N)c1. The zero-order valence-corrected chi connectivity index (χ0v) is 12.9. The van der Waals surface area contributed by atoms with Crippen molar-refractivity contribution in [3.05, 3.63) is 23.8 Å². The summed E-state index contributed by atoms with van der Waals surface area (Å²) in [6.07, 6.45) is 1.85. The van der Waals surface area contributed by atoms with Crippen molar-refractivity contribution >= 4 is 27.5 Å². The lowest BCUT2D eigenvalue weighted by molar-refractivity contribution is 0.0908. The van der Waals surface area contributed by atoms with Crippen molar-refractivity contribution < 1.29 is 13.5 Å². The minimum Gasteiger partial charge on any atom is -0.398 e. The second-order valence-corrected chi connectivity index (χ2v) is 7.41. The molecule has 0 saturated carbocycles. The molecule has 4 N–H and O–H groups in total. The van der Waals surface area contributed by atoms with Gasteiger partial charge in [-0.3, -0.25) is 0 Å². The number of benzene rings is 1. The Labute approximate surface area is 118 Å². The van der Waals surface area contributed by atoms with Crippen molar-refractivity contribution in [2.24, 2.45) is 0 Å². The average Bonchev–Trinajstić information content (AvgIpc) is 2.30. The molecule has 0 aromatic heterocycles. The minimum absolute atomic E-state index is 0.0377. The molecule has 0 saturated heterocycles. The van der Waals surface area contributed by atoms with E-state index < -0.39 is 15.6 Å². The second kappa shape index (κ2) is 6.13. The van der Waals surface area contributed by atoms with Crippen LogP contribution >= 0.6 is 11.8 Å². The average molecular weight is 304 g/mol. The summed E-state index contributed by atoms with van der Waals surface area (Å²) in [6, 6.07) is 4.57. The van der Waals surface area contributed by atoms with E-state index >= 15 is 0 Å². The van der Waals surface area contributed by atoms with Gasteiger partial charge in [0.1, 0.15) is 0 Å². The van der Waals surface area contributed by atoms with E-state index in [-0.39, 0.29) is 11.4 Å². The quantitative estimate of drug-likeness (QED) is 0.681. The molecule has 0 radical (unpaired) electrons. The number of sulfonamides is 1. The number of hydrogen-bond acceptors (Lipinski definition) is 5. The van der Waals surface area contributed by atoms with Crippen LogP contribution in [-0.4, -0.2) is 37.7 Å².